The van der Waals surface area contributed by atoms with Gasteiger partial charge in [-0.05, 0) is 25.3 Å². The first-order valence-corrected chi connectivity index (χ1v) is 6.74. The van der Waals surface area contributed by atoms with Crippen LogP contribution in [0, 0.1) is 0 Å². The second-order valence-corrected chi connectivity index (χ2v) is 4.77. The van der Waals surface area contributed by atoms with E-state index in [1.54, 1.807) is 11.6 Å². The van der Waals surface area contributed by atoms with Crippen LogP contribution >= 0.6 is 0 Å². The van der Waals surface area contributed by atoms with E-state index >= 15 is 0 Å². The largest absolute Gasteiger partial charge is 0.504 e. The van der Waals surface area contributed by atoms with Gasteiger partial charge in [-0.15, -0.1) is 0 Å². The number of aromatic nitrogens is 2. The maximum atomic E-state index is 11.8. The molecule has 5 heteroatoms. The third kappa shape index (κ3) is 1.95. The summed E-state index contributed by atoms with van der Waals surface area (Å²) < 4.78 is 6.66. The van der Waals surface area contributed by atoms with Crippen LogP contribution in [0.25, 0.3) is 0 Å². The number of aromatic hydroxyl groups is 1. The maximum absolute atomic E-state index is 11.8. The second-order valence-electron chi connectivity index (χ2n) is 4.77. The Morgan fingerprint density at radius 1 is 1.45 bits per heavy atom. The summed E-state index contributed by atoms with van der Waals surface area (Å²) in [6, 6.07) is 10.0. The van der Waals surface area contributed by atoms with Crippen molar-refractivity contribution in [1.29, 1.82) is 0 Å². The molecule has 20 heavy (non-hydrogen) atoms. The second kappa shape index (κ2) is 5.00. The van der Waals surface area contributed by atoms with Gasteiger partial charge in [-0.3, -0.25) is 4.68 Å². The van der Waals surface area contributed by atoms with E-state index in [4.69, 9.17) is 4.74 Å². The summed E-state index contributed by atoms with van der Waals surface area (Å²) in [5, 5.41) is 14.4. The van der Waals surface area contributed by atoms with Crippen molar-refractivity contribution in [2.45, 2.75) is 25.8 Å². The van der Waals surface area contributed by atoms with Gasteiger partial charge < -0.3 is 9.84 Å². The minimum Gasteiger partial charge on any atom is -0.504 e. The number of carbonyl (C=O) groups is 1. The molecule has 5 nitrogen and oxygen atoms in total. The van der Waals surface area contributed by atoms with E-state index in [1.165, 1.54) is 0 Å². The van der Waals surface area contributed by atoms with Gasteiger partial charge >= 0.3 is 5.97 Å². The third-order valence-corrected chi connectivity index (χ3v) is 3.58. The van der Waals surface area contributed by atoms with Gasteiger partial charge in [0.25, 0.3) is 0 Å². The van der Waals surface area contributed by atoms with E-state index in [0.717, 1.165) is 12.0 Å². The molecule has 0 aliphatic carbocycles. The number of hydrogen-bond acceptors (Lipinski definition) is 4. The highest BCUT2D eigenvalue weighted by Gasteiger charge is 2.32. The van der Waals surface area contributed by atoms with Crippen LogP contribution in [-0.4, -0.2) is 27.5 Å². The lowest BCUT2D eigenvalue weighted by atomic mass is 10.1. The Hall–Kier alpha value is -2.30. The third-order valence-electron chi connectivity index (χ3n) is 3.58. The molecule has 0 bridgehead atoms. The number of ether oxygens (including phenoxy) is 1. The van der Waals surface area contributed by atoms with Crippen molar-refractivity contribution in [3.05, 3.63) is 47.3 Å². The summed E-state index contributed by atoms with van der Waals surface area (Å²) in [5.41, 5.74) is 1.86. The fourth-order valence-electron chi connectivity index (χ4n) is 2.67. The first-order valence-electron chi connectivity index (χ1n) is 6.74. The summed E-state index contributed by atoms with van der Waals surface area (Å²) >= 11 is 0. The van der Waals surface area contributed by atoms with Gasteiger partial charge in [-0.25, -0.2) is 4.79 Å². The molecule has 3 rings (SSSR count). The van der Waals surface area contributed by atoms with Crippen molar-refractivity contribution in [3.63, 3.8) is 0 Å². The predicted octanol–water partition coefficient (Wildman–Crippen LogP) is 2.30. The number of benzene rings is 1. The van der Waals surface area contributed by atoms with E-state index < -0.39 is 5.97 Å². The molecule has 1 aromatic carbocycles. The van der Waals surface area contributed by atoms with Crippen LogP contribution in [0.15, 0.2) is 30.3 Å². The molecule has 1 aromatic heterocycles. The minimum atomic E-state index is -0.571. The summed E-state index contributed by atoms with van der Waals surface area (Å²) in [6.07, 6.45) is 1.58. The first kappa shape index (κ1) is 12.7. The summed E-state index contributed by atoms with van der Waals surface area (Å²) in [7, 11) is 0. The van der Waals surface area contributed by atoms with E-state index in [-0.39, 0.29) is 24.1 Å². The molecule has 2 aromatic rings. The smallest absolute Gasteiger partial charge is 0.362 e. The maximum Gasteiger partial charge on any atom is 0.362 e. The van der Waals surface area contributed by atoms with Crippen molar-refractivity contribution in [1.82, 2.24) is 9.78 Å². The number of carbonyl (C=O) groups excluding carboxylic acids is 1. The molecule has 0 spiro atoms. The van der Waals surface area contributed by atoms with Gasteiger partial charge in [0.05, 0.1) is 18.3 Å². The average molecular weight is 272 g/mol. The molecule has 1 aliphatic heterocycles. The fourth-order valence-corrected chi connectivity index (χ4v) is 2.67. The fraction of sp³-hybridized carbons (Fsp3) is 0.333. The SMILES string of the molecule is CCOC(=O)c1nn2c(c1O)CCC2c1ccccc1. The van der Waals surface area contributed by atoms with Crippen molar-refractivity contribution in [3.8, 4) is 5.75 Å². The number of rotatable bonds is 3. The lowest BCUT2D eigenvalue weighted by Crippen LogP contribution is -2.11. The molecule has 0 amide bonds. The molecule has 2 heterocycles. The van der Waals surface area contributed by atoms with Crippen LogP contribution in [0.1, 0.15) is 41.1 Å². The van der Waals surface area contributed by atoms with Crippen molar-refractivity contribution < 1.29 is 14.6 Å². The number of nitrogens with zero attached hydrogens (tertiary/aromatic N) is 2. The zero-order chi connectivity index (χ0) is 14.1. The van der Waals surface area contributed by atoms with Crippen LogP contribution in [0.3, 0.4) is 0 Å². The minimum absolute atomic E-state index is 0.0162. The Bertz CT molecular complexity index is 634. The predicted molar refractivity (Wildman–Crippen MR) is 72.8 cm³/mol. The summed E-state index contributed by atoms with van der Waals surface area (Å²) in [4.78, 5) is 11.8. The van der Waals surface area contributed by atoms with Gasteiger partial charge in [0.15, 0.2) is 5.75 Å². The molecular weight excluding hydrogens is 256 g/mol. The Balaban J connectivity index is 1.98. The highest BCUT2D eigenvalue weighted by Crippen LogP contribution is 2.37. The van der Waals surface area contributed by atoms with Crippen molar-refractivity contribution >= 4 is 5.97 Å². The average Bonchev–Trinajstić information content (AvgIpc) is 3.01. The van der Waals surface area contributed by atoms with Gasteiger partial charge in [-0.1, -0.05) is 30.3 Å². The Morgan fingerprint density at radius 2 is 2.20 bits per heavy atom. The molecule has 0 fully saturated rings. The summed E-state index contributed by atoms with van der Waals surface area (Å²) in [6.45, 7) is 1.99. The first-order chi connectivity index (χ1) is 9.72. The molecular formula is C15H16N2O3. The molecule has 1 unspecified atom stereocenters. The Labute approximate surface area is 116 Å². The number of esters is 1. The zero-order valence-corrected chi connectivity index (χ0v) is 11.2. The van der Waals surface area contributed by atoms with Crippen molar-refractivity contribution in [2.75, 3.05) is 6.61 Å². The quantitative estimate of drug-likeness (QED) is 0.871. The zero-order valence-electron chi connectivity index (χ0n) is 11.2. The Morgan fingerprint density at radius 3 is 2.90 bits per heavy atom. The van der Waals surface area contributed by atoms with Crippen LogP contribution in [-0.2, 0) is 11.2 Å². The van der Waals surface area contributed by atoms with E-state index in [1.807, 2.05) is 30.3 Å². The highest BCUT2D eigenvalue weighted by molar-refractivity contribution is 5.90. The molecule has 0 saturated carbocycles. The van der Waals surface area contributed by atoms with Crippen LogP contribution < -0.4 is 0 Å². The Kier molecular flexibility index (Phi) is 3.18. The number of hydrogen-bond donors (Lipinski definition) is 1. The van der Waals surface area contributed by atoms with Crippen LogP contribution in [0.5, 0.6) is 5.75 Å². The normalized spacial score (nSPS) is 16.9. The molecule has 0 radical (unpaired) electrons. The van der Waals surface area contributed by atoms with Gasteiger partial charge in [0, 0.05) is 0 Å². The van der Waals surface area contributed by atoms with E-state index in [2.05, 4.69) is 5.10 Å². The lowest BCUT2D eigenvalue weighted by Gasteiger charge is -2.11. The van der Waals surface area contributed by atoms with Gasteiger partial charge in [0.1, 0.15) is 0 Å². The lowest BCUT2D eigenvalue weighted by molar-refractivity contribution is 0.0515. The van der Waals surface area contributed by atoms with Crippen molar-refractivity contribution in [2.24, 2.45) is 0 Å². The molecule has 1 N–H and O–H groups in total. The summed E-state index contributed by atoms with van der Waals surface area (Å²) in [5.74, 6) is -0.611. The standard InChI is InChI=1S/C15H16N2O3/c1-2-20-15(19)13-14(18)12-9-8-11(17(12)16-13)10-6-4-3-5-7-10/h3-7,11,18H,2,8-9H2,1H3. The van der Waals surface area contributed by atoms with E-state index in [9.17, 15) is 9.90 Å². The van der Waals surface area contributed by atoms with Crippen LogP contribution in [0.4, 0.5) is 0 Å². The highest BCUT2D eigenvalue weighted by atomic mass is 16.5. The van der Waals surface area contributed by atoms with Crippen LogP contribution in [0.2, 0.25) is 0 Å². The topological polar surface area (TPSA) is 64.3 Å². The van der Waals surface area contributed by atoms with Gasteiger partial charge in [-0.2, -0.15) is 5.10 Å². The molecule has 104 valence electrons. The van der Waals surface area contributed by atoms with Gasteiger partial charge in [0.2, 0.25) is 5.69 Å². The molecule has 1 atom stereocenters. The molecule has 1 aliphatic rings. The number of fused-ring (bicyclic) bond motifs is 1. The molecule has 0 saturated heterocycles. The monoisotopic (exact) mass is 272 g/mol. The van der Waals surface area contributed by atoms with E-state index in [0.29, 0.717) is 12.1 Å².